The summed E-state index contributed by atoms with van der Waals surface area (Å²) in [5, 5.41) is 11.2. The minimum absolute atomic E-state index is 0.654. The third-order valence-corrected chi connectivity index (χ3v) is 5.40. The number of rotatable bonds is 3. The predicted molar refractivity (Wildman–Crippen MR) is 77.0 cm³/mol. The van der Waals surface area contributed by atoms with Crippen LogP contribution in [0.2, 0.25) is 0 Å². The van der Waals surface area contributed by atoms with Crippen LogP contribution in [0.15, 0.2) is 6.20 Å². The van der Waals surface area contributed by atoms with E-state index in [1.165, 1.54) is 49.4 Å². The second-order valence-corrected chi connectivity index (χ2v) is 6.44. The molecule has 2 bridgehead atoms. The highest BCUT2D eigenvalue weighted by Crippen LogP contribution is 2.46. The first-order chi connectivity index (χ1) is 9.35. The molecule has 1 aromatic heterocycles. The number of fused-ring (bicyclic) bond motifs is 3. The molecule has 2 fully saturated rings. The van der Waals surface area contributed by atoms with E-state index in [2.05, 4.69) is 10.3 Å². The first kappa shape index (κ1) is 11.4. The number of aromatic nitrogens is 1. The zero-order chi connectivity index (χ0) is 12.8. The standard InChI is InChI=1S/C16H21N3/c17-8-12-9-18-16(14-3-1-2-13(12)14)19-15-7-10-4-5-11(15)6-10/h8-11,15,17H,1-7H2,(H,18,19)/t10-,11+,15+/m0/s1. The summed E-state index contributed by atoms with van der Waals surface area (Å²) in [5.41, 5.74) is 3.78. The van der Waals surface area contributed by atoms with Gasteiger partial charge in [0.05, 0.1) is 0 Å². The lowest BCUT2D eigenvalue weighted by Crippen LogP contribution is -2.27. The van der Waals surface area contributed by atoms with Crippen molar-refractivity contribution in [3.05, 3.63) is 22.9 Å². The Morgan fingerprint density at radius 1 is 1.21 bits per heavy atom. The van der Waals surface area contributed by atoms with Gasteiger partial charge in [0.2, 0.25) is 0 Å². The van der Waals surface area contributed by atoms with Gasteiger partial charge in [-0.3, -0.25) is 0 Å². The number of nitrogens with one attached hydrogen (secondary N) is 2. The lowest BCUT2D eigenvalue weighted by molar-refractivity contribution is 0.438. The molecular weight excluding hydrogens is 234 g/mol. The molecule has 0 saturated heterocycles. The monoisotopic (exact) mass is 255 g/mol. The molecule has 0 spiro atoms. The summed E-state index contributed by atoms with van der Waals surface area (Å²) in [7, 11) is 0. The van der Waals surface area contributed by atoms with E-state index in [1.54, 1.807) is 0 Å². The average molecular weight is 255 g/mol. The summed E-state index contributed by atoms with van der Waals surface area (Å²) in [4.78, 5) is 4.61. The van der Waals surface area contributed by atoms with Gasteiger partial charge in [0.25, 0.3) is 0 Å². The first-order valence-corrected chi connectivity index (χ1v) is 7.63. The molecule has 3 heteroatoms. The van der Waals surface area contributed by atoms with Crippen molar-refractivity contribution in [3.8, 4) is 0 Å². The SMILES string of the molecule is N=Cc1cnc(N[C@@H]2C[C@H]3CC[C@@H]2C3)c2c1CCC2. The van der Waals surface area contributed by atoms with Gasteiger partial charge in [-0.05, 0) is 61.5 Å². The molecule has 3 atom stereocenters. The van der Waals surface area contributed by atoms with Crippen LogP contribution >= 0.6 is 0 Å². The van der Waals surface area contributed by atoms with Gasteiger partial charge in [0, 0.05) is 24.0 Å². The van der Waals surface area contributed by atoms with Gasteiger partial charge in [0.15, 0.2) is 0 Å². The van der Waals surface area contributed by atoms with E-state index < -0.39 is 0 Å². The number of pyridine rings is 1. The van der Waals surface area contributed by atoms with Crippen LogP contribution in [-0.2, 0) is 12.8 Å². The zero-order valence-corrected chi connectivity index (χ0v) is 11.3. The molecule has 0 radical (unpaired) electrons. The van der Waals surface area contributed by atoms with Crippen LogP contribution in [0.4, 0.5) is 5.82 Å². The molecule has 0 unspecified atom stereocenters. The van der Waals surface area contributed by atoms with Gasteiger partial charge in [-0.1, -0.05) is 6.42 Å². The highest BCUT2D eigenvalue weighted by atomic mass is 15.0. The Labute approximate surface area is 114 Å². The van der Waals surface area contributed by atoms with E-state index in [9.17, 15) is 0 Å². The van der Waals surface area contributed by atoms with Crippen molar-refractivity contribution in [3.63, 3.8) is 0 Å². The van der Waals surface area contributed by atoms with Gasteiger partial charge in [-0.2, -0.15) is 0 Å². The Morgan fingerprint density at radius 3 is 2.84 bits per heavy atom. The van der Waals surface area contributed by atoms with E-state index in [1.807, 2.05) is 6.20 Å². The molecule has 0 amide bonds. The lowest BCUT2D eigenvalue weighted by atomic mass is 9.95. The fraction of sp³-hybridized carbons (Fsp3) is 0.625. The quantitative estimate of drug-likeness (QED) is 0.815. The van der Waals surface area contributed by atoms with E-state index >= 15 is 0 Å². The van der Waals surface area contributed by atoms with E-state index in [-0.39, 0.29) is 0 Å². The third kappa shape index (κ3) is 1.78. The normalized spacial score (nSPS) is 31.5. The highest BCUT2D eigenvalue weighted by molar-refractivity contribution is 5.81. The molecule has 0 aliphatic heterocycles. The molecule has 3 aliphatic rings. The maximum atomic E-state index is 7.49. The molecule has 2 N–H and O–H groups in total. The van der Waals surface area contributed by atoms with Crippen molar-refractivity contribution in [1.29, 1.82) is 5.41 Å². The van der Waals surface area contributed by atoms with Gasteiger partial charge < -0.3 is 10.7 Å². The molecular formula is C16H21N3. The van der Waals surface area contributed by atoms with Crippen LogP contribution in [0.3, 0.4) is 0 Å². The van der Waals surface area contributed by atoms with Crippen LogP contribution in [0.5, 0.6) is 0 Å². The van der Waals surface area contributed by atoms with Gasteiger partial charge in [0.1, 0.15) is 5.82 Å². The van der Waals surface area contributed by atoms with E-state index in [4.69, 9.17) is 5.41 Å². The molecule has 1 heterocycles. The number of hydrogen-bond acceptors (Lipinski definition) is 3. The van der Waals surface area contributed by atoms with Crippen molar-refractivity contribution in [2.75, 3.05) is 5.32 Å². The molecule has 3 nitrogen and oxygen atoms in total. The van der Waals surface area contributed by atoms with Crippen LogP contribution in [0.1, 0.15) is 48.8 Å². The summed E-state index contributed by atoms with van der Waals surface area (Å²) in [6.45, 7) is 0. The number of hydrogen-bond donors (Lipinski definition) is 2. The smallest absolute Gasteiger partial charge is 0.129 e. The molecule has 100 valence electrons. The maximum Gasteiger partial charge on any atom is 0.129 e. The molecule has 3 aliphatic carbocycles. The maximum absolute atomic E-state index is 7.49. The first-order valence-electron chi connectivity index (χ1n) is 7.63. The molecule has 19 heavy (non-hydrogen) atoms. The van der Waals surface area contributed by atoms with Gasteiger partial charge in [-0.25, -0.2) is 4.98 Å². The summed E-state index contributed by atoms with van der Waals surface area (Å²) >= 11 is 0. The second kappa shape index (κ2) is 4.32. The topological polar surface area (TPSA) is 48.8 Å². The van der Waals surface area contributed by atoms with Crippen molar-refractivity contribution in [1.82, 2.24) is 4.98 Å². The Balaban J connectivity index is 1.62. The van der Waals surface area contributed by atoms with Crippen LogP contribution in [-0.4, -0.2) is 17.2 Å². The van der Waals surface area contributed by atoms with Crippen molar-refractivity contribution < 1.29 is 0 Å². The predicted octanol–water partition coefficient (Wildman–Crippen LogP) is 3.17. The molecule has 2 saturated carbocycles. The number of anilines is 1. The highest BCUT2D eigenvalue weighted by Gasteiger charge is 2.39. The summed E-state index contributed by atoms with van der Waals surface area (Å²) in [6.07, 6.45) is 12.4. The Morgan fingerprint density at radius 2 is 2.11 bits per heavy atom. The van der Waals surface area contributed by atoms with Crippen LogP contribution in [0.25, 0.3) is 0 Å². The molecule has 0 aromatic carbocycles. The van der Waals surface area contributed by atoms with E-state index in [0.29, 0.717) is 6.04 Å². The summed E-state index contributed by atoms with van der Waals surface area (Å²) in [5.74, 6) is 2.97. The number of nitrogens with zero attached hydrogens (tertiary/aromatic N) is 1. The van der Waals surface area contributed by atoms with Gasteiger partial charge >= 0.3 is 0 Å². The third-order valence-electron chi connectivity index (χ3n) is 5.40. The van der Waals surface area contributed by atoms with Crippen molar-refractivity contribution in [2.24, 2.45) is 11.8 Å². The summed E-state index contributed by atoms with van der Waals surface area (Å²) in [6, 6.07) is 0.654. The Hall–Kier alpha value is -1.38. The largest absolute Gasteiger partial charge is 0.367 e. The fourth-order valence-electron chi connectivity index (χ4n) is 4.46. The fourth-order valence-corrected chi connectivity index (χ4v) is 4.46. The zero-order valence-electron chi connectivity index (χ0n) is 11.3. The average Bonchev–Trinajstić information content (AvgIpc) is 3.14. The summed E-state index contributed by atoms with van der Waals surface area (Å²) < 4.78 is 0. The van der Waals surface area contributed by atoms with Crippen LogP contribution in [0, 0.1) is 17.2 Å². The lowest BCUT2D eigenvalue weighted by Gasteiger charge is -2.24. The van der Waals surface area contributed by atoms with Crippen LogP contribution < -0.4 is 5.32 Å². The molecule has 1 aromatic rings. The minimum atomic E-state index is 0.654. The minimum Gasteiger partial charge on any atom is -0.367 e. The van der Waals surface area contributed by atoms with E-state index in [0.717, 1.165) is 36.1 Å². The van der Waals surface area contributed by atoms with Crippen molar-refractivity contribution in [2.45, 2.75) is 51.0 Å². The van der Waals surface area contributed by atoms with Crippen molar-refractivity contribution >= 4 is 12.0 Å². The Bertz CT molecular complexity index is 523. The van der Waals surface area contributed by atoms with Gasteiger partial charge in [-0.15, -0.1) is 0 Å². The molecule has 4 rings (SSSR count). The Kier molecular flexibility index (Phi) is 2.61. The second-order valence-electron chi connectivity index (χ2n) is 6.44.